The third kappa shape index (κ3) is 4.83. The molecule has 0 bridgehead atoms. The first-order valence-electron chi connectivity index (χ1n) is 12.6. The first-order chi connectivity index (χ1) is 17.4. The van der Waals surface area contributed by atoms with E-state index in [0.717, 1.165) is 56.7 Å². The van der Waals surface area contributed by atoms with Gasteiger partial charge in [0.25, 0.3) is 5.91 Å². The van der Waals surface area contributed by atoms with Crippen LogP contribution in [0.5, 0.6) is 0 Å². The SMILES string of the molecule is CCN(C)Cc1cc(-c2nc(-c3ccc4c(c3)CCNC4=O)c(N)nc2F)ccc1C1CCOCC1. The summed E-state index contributed by atoms with van der Waals surface area (Å²) >= 11 is 0. The summed E-state index contributed by atoms with van der Waals surface area (Å²) < 4.78 is 20.7. The van der Waals surface area contributed by atoms with Gasteiger partial charge in [0, 0.05) is 43.0 Å². The van der Waals surface area contributed by atoms with Crippen LogP contribution in [0.2, 0.25) is 0 Å². The highest BCUT2D eigenvalue weighted by Crippen LogP contribution is 2.35. The standard InChI is InChI=1S/C28H32FN5O2/c1-3-34(2)16-21-15-19(4-6-22(21)17-9-12-36-13-10-17)24-26(29)33-27(30)25(32-24)20-5-7-23-18(14-20)8-11-31-28(23)35/h4-7,14-15,17H,3,8-13,16H2,1-2H3,(H2,30,33)(H,31,35). The number of hydrogen-bond acceptors (Lipinski definition) is 6. The lowest BCUT2D eigenvalue weighted by molar-refractivity contribution is 0.0850. The maximum atomic E-state index is 15.1. The molecule has 3 aromatic rings. The Hall–Kier alpha value is -3.36. The van der Waals surface area contributed by atoms with Crippen molar-refractivity contribution < 1.29 is 13.9 Å². The molecule has 0 unspecified atom stereocenters. The van der Waals surface area contributed by atoms with Gasteiger partial charge in [-0.2, -0.15) is 9.37 Å². The molecule has 3 N–H and O–H groups in total. The molecule has 0 atom stereocenters. The number of ether oxygens (including phenoxy) is 1. The second-order valence-electron chi connectivity index (χ2n) is 9.61. The van der Waals surface area contributed by atoms with Gasteiger partial charge < -0.3 is 20.7 Å². The number of halogens is 1. The zero-order valence-corrected chi connectivity index (χ0v) is 20.8. The highest BCUT2D eigenvalue weighted by atomic mass is 19.1. The molecule has 0 spiro atoms. The predicted octanol–water partition coefficient (Wildman–Crippen LogP) is 4.16. The molecule has 0 radical (unpaired) electrons. The summed E-state index contributed by atoms with van der Waals surface area (Å²) in [6.07, 6.45) is 2.69. The van der Waals surface area contributed by atoms with Gasteiger partial charge in [-0.3, -0.25) is 4.79 Å². The van der Waals surface area contributed by atoms with Crippen molar-refractivity contribution in [1.82, 2.24) is 20.2 Å². The van der Waals surface area contributed by atoms with Crippen LogP contribution < -0.4 is 11.1 Å². The Labute approximate surface area is 210 Å². The average molecular weight is 490 g/mol. The van der Waals surface area contributed by atoms with Crippen molar-refractivity contribution >= 4 is 11.7 Å². The van der Waals surface area contributed by atoms with Gasteiger partial charge >= 0.3 is 0 Å². The van der Waals surface area contributed by atoms with Crippen LogP contribution in [-0.2, 0) is 17.7 Å². The van der Waals surface area contributed by atoms with E-state index in [9.17, 15) is 4.79 Å². The molecule has 1 saturated heterocycles. The largest absolute Gasteiger partial charge is 0.382 e. The summed E-state index contributed by atoms with van der Waals surface area (Å²) in [5, 5.41) is 2.85. The molecule has 188 valence electrons. The number of nitrogen functional groups attached to an aromatic ring is 1. The second kappa shape index (κ2) is 10.3. The van der Waals surface area contributed by atoms with Crippen LogP contribution in [0.3, 0.4) is 0 Å². The minimum atomic E-state index is -0.692. The molecule has 36 heavy (non-hydrogen) atoms. The van der Waals surface area contributed by atoms with Gasteiger partial charge in [0.1, 0.15) is 11.4 Å². The van der Waals surface area contributed by atoms with Crippen LogP contribution in [-0.4, -0.2) is 54.1 Å². The summed E-state index contributed by atoms with van der Waals surface area (Å²) in [5.74, 6) is -0.321. The summed E-state index contributed by atoms with van der Waals surface area (Å²) in [7, 11) is 2.08. The fraction of sp³-hybridized carbons (Fsp3) is 0.393. The van der Waals surface area contributed by atoms with E-state index in [0.29, 0.717) is 29.3 Å². The van der Waals surface area contributed by atoms with E-state index in [1.165, 1.54) is 11.1 Å². The number of amides is 1. The highest BCUT2D eigenvalue weighted by Gasteiger charge is 2.23. The predicted molar refractivity (Wildman–Crippen MR) is 138 cm³/mol. The van der Waals surface area contributed by atoms with E-state index in [2.05, 4.69) is 40.2 Å². The maximum absolute atomic E-state index is 15.1. The van der Waals surface area contributed by atoms with Crippen molar-refractivity contribution in [2.24, 2.45) is 0 Å². The maximum Gasteiger partial charge on any atom is 0.251 e. The zero-order chi connectivity index (χ0) is 25.2. The van der Waals surface area contributed by atoms with E-state index in [4.69, 9.17) is 10.5 Å². The van der Waals surface area contributed by atoms with E-state index in [1.807, 2.05) is 18.2 Å². The number of nitrogens with two attached hydrogens (primary N) is 1. The van der Waals surface area contributed by atoms with Crippen molar-refractivity contribution in [1.29, 1.82) is 0 Å². The number of nitrogens with one attached hydrogen (secondary N) is 1. The molecular formula is C28H32FN5O2. The fourth-order valence-corrected chi connectivity index (χ4v) is 5.10. The first kappa shape index (κ1) is 24.3. The van der Waals surface area contributed by atoms with Gasteiger partial charge in [-0.05, 0) is 73.7 Å². The molecule has 1 fully saturated rings. The molecule has 8 heteroatoms. The lowest BCUT2D eigenvalue weighted by atomic mass is 9.87. The van der Waals surface area contributed by atoms with Crippen LogP contribution in [0, 0.1) is 5.95 Å². The summed E-state index contributed by atoms with van der Waals surface area (Å²) in [6, 6.07) is 11.6. The second-order valence-corrected chi connectivity index (χ2v) is 9.61. The Morgan fingerprint density at radius 2 is 1.86 bits per heavy atom. The molecule has 1 aromatic heterocycles. The van der Waals surface area contributed by atoms with Gasteiger partial charge in [-0.1, -0.05) is 25.1 Å². The van der Waals surface area contributed by atoms with Crippen LogP contribution in [0.25, 0.3) is 22.5 Å². The first-order valence-corrected chi connectivity index (χ1v) is 12.6. The molecule has 0 aliphatic carbocycles. The summed E-state index contributed by atoms with van der Waals surface area (Å²) in [6.45, 7) is 5.91. The van der Waals surface area contributed by atoms with E-state index in [-0.39, 0.29) is 17.4 Å². The fourth-order valence-electron chi connectivity index (χ4n) is 5.10. The van der Waals surface area contributed by atoms with Crippen LogP contribution >= 0.6 is 0 Å². The van der Waals surface area contributed by atoms with E-state index < -0.39 is 5.95 Å². The lowest BCUT2D eigenvalue weighted by Crippen LogP contribution is -2.31. The monoisotopic (exact) mass is 489 g/mol. The van der Waals surface area contributed by atoms with Crippen molar-refractivity contribution in [2.45, 2.75) is 38.6 Å². The number of rotatable bonds is 6. The summed E-state index contributed by atoms with van der Waals surface area (Å²) in [5.41, 5.74) is 12.1. The quantitative estimate of drug-likeness (QED) is 0.540. The van der Waals surface area contributed by atoms with Gasteiger partial charge in [0.2, 0.25) is 5.95 Å². The molecule has 2 aliphatic heterocycles. The van der Waals surface area contributed by atoms with Gasteiger partial charge in [-0.25, -0.2) is 4.98 Å². The minimum Gasteiger partial charge on any atom is -0.382 e. The molecule has 2 aliphatic rings. The van der Waals surface area contributed by atoms with Crippen molar-refractivity contribution in [3.63, 3.8) is 0 Å². The number of nitrogens with zero attached hydrogens (tertiary/aromatic N) is 3. The third-order valence-electron chi connectivity index (χ3n) is 7.24. The Morgan fingerprint density at radius 3 is 2.64 bits per heavy atom. The Morgan fingerprint density at radius 1 is 1.11 bits per heavy atom. The molecule has 3 heterocycles. The number of anilines is 1. The van der Waals surface area contributed by atoms with Crippen LogP contribution in [0.4, 0.5) is 10.2 Å². The summed E-state index contributed by atoms with van der Waals surface area (Å²) in [4.78, 5) is 23.1. The average Bonchev–Trinajstić information content (AvgIpc) is 2.89. The van der Waals surface area contributed by atoms with Crippen molar-refractivity contribution in [3.05, 3.63) is 64.6 Å². The molecule has 5 rings (SSSR count). The highest BCUT2D eigenvalue weighted by molar-refractivity contribution is 5.97. The smallest absolute Gasteiger partial charge is 0.251 e. The van der Waals surface area contributed by atoms with Crippen LogP contribution in [0.1, 0.15) is 52.7 Å². The number of carbonyl (C=O) groups is 1. The van der Waals surface area contributed by atoms with Gasteiger partial charge in [-0.15, -0.1) is 0 Å². The number of carbonyl (C=O) groups excluding carboxylic acids is 1. The van der Waals surface area contributed by atoms with Crippen molar-refractivity contribution in [2.75, 3.05) is 39.1 Å². The number of fused-ring (bicyclic) bond motifs is 1. The molecule has 0 saturated carbocycles. The van der Waals surface area contributed by atoms with Gasteiger partial charge in [0.15, 0.2) is 5.82 Å². The lowest BCUT2D eigenvalue weighted by Gasteiger charge is -2.26. The number of hydrogen-bond donors (Lipinski definition) is 2. The Kier molecular flexibility index (Phi) is 6.98. The van der Waals surface area contributed by atoms with Crippen LogP contribution in [0.15, 0.2) is 36.4 Å². The Bertz CT molecular complexity index is 1290. The van der Waals surface area contributed by atoms with Gasteiger partial charge in [0.05, 0.1) is 0 Å². The number of benzene rings is 2. The molecule has 2 aromatic carbocycles. The third-order valence-corrected chi connectivity index (χ3v) is 7.24. The minimum absolute atomic E-state index is 0.0289. The molecule has 7 nitrogen and oxygen atoms in total. The Balaban J connectivity index is 1.56. The normalized spacial score (nSPS) is 16.2. The van der Waals surface area contributed by atoms with Crippen molar-refractivity contribution in [3.8, 4) is 22.5 Å². The van der Waals surface area contributed by atoms with E-state index >= 15 is 4.39 Å². The molecular weight excluding hydrogens is 457 g/mol. The zero-order valence-electron chi connectivity index (χ0n) is 20.8. The number of aromatic nitrogens is 2. The van der Waals surface area contributed by atoms with E-state index in [1.54, 1.807) is 12.1 Å². The topological polar surface area (TPSA) is 93.4 Å². The molecule has 1 amide bonds.